The van der Waals surface area contributed by atoms with Gasteiger partial charge in [0.2, 0.25) is 0 Å². The van der Waals surface area contributed by atoms with Crippen molar-refractivity contribution in [3.8, 4) is 11.5 Å². The first-order valence-corrected chi connectivity index (χ1v) is 7.31. The monoisotopic (exact) mass is 282 g/mol. The molecule has 0 radical (unpaired) electrons. The van der Waals surface area contributed by atoms with Crippen molar-refractivity contribution in [2.45, 2.75) is 25.7 Å². The van der Waals surface area contributed by atoms with Gasteiger partial charge in [0.1, 0.15) is 11.5 Å². The minimum absolute atomic E-state index is 0.182. The molecule has 0 saturated heterocycles. The molecule has 3 heterocycles. The van der Waals surface area contributed by atoms with Crippen LogP contribution in [0.1, 0.15) is 30.4 Å². The van der Waals surface area contributed by atoms with Crippen LogP contribution in [0.3, 0.4) is 0 Å². The van der Waals surface area contributed by atoms with Crippen molar-refractivity contribution in [1.29, 1.82) is 0 Å². The maximum absolute atomic E-state index is 11.7. The first-order valence-electron chi connectivity index (χ1n) is 7.31. The first kappa shape index (κ1) is 13.7. The van der Waals surface area contributed by atoms with E-state index in [2.05, 4.69) is 12.1 Å². The van der Waals surface area contributed by atoms with Crippen LogP contribution in [-0.4, -0.2) is 12.6 Å². The number of ether oxygens (including phenoxy) is 2. The lowest BCUT2D eigenvalue weighted by Gasteiger charge is -2.10. The van der Waals surface area contributed by atoms with Crippen molar-refractivity contribution < 1.29 is 14.3 Å². The molecular formula is C18H18O3. The van der Waals surface area contributed by atoms with Crippen molar-refractivity contribution in [1.82, 2.24) is 0 Å². The third-order valence-corrected chi connectivity index (χ3v) is 3.53. The van der Waals surface area contributed by atoms with E-state index in [-0.39, 0.29) is 5.97 Å². The maximum atomic E-state index is 11.7. The lowest BCUT2D eigenvalue weighted by molar-refractivity contribution is -0.134. The van der Waals surface area contributed by atoms with Gasteiger partial charge in [-0.15, -0.1) is 0 Å². The van der Waals surface area contributed by atoms with Gasteiger partial charge in [0, 0.05) is 6.42 Å². The second-order valence-corrected chi connectivity index (χ2v) is 5.24. The second-order valence-electron chi connectivity index (χ2n) is 5.24. The molecule has 21 heavy (non-hydrogen) atoms. The number of hydrogen-bond acceptors (Lipinski definition) is 3. The summed E-state index contributed by atoms with van der Waals surface area (Å²) >= 11 is 0. The minimum atomic E-state index is -0.182. The molecule has 2 aromatic carbocycles. The molecule has 0 N–H and O–H groups in total. The summed E-state index contributed by atoms with van der Waals surface area (Å²) in [7, 11) is 0. The summed E-state index contributed by atoms with van der Waals surface area (Å²) in [6.45, 7) is 0.625. The Morgan fingerprint density at radius 2 is 1.38 bits per heavy atom. The van der Waals surface area contributed by atoms with E-state index in [0.717, 1.165) is 25.0 Å². The van der Waals surface area contributed by atoms with E-state index in [0.29, 0.717) is 18.8 Å². The zero-order chi connectivity index (χ0) is 14.5. The molecule has 4 bridgehead atoms. The molecule has 0 spiro atoms. The van der Waals surface area contributed by atoms with E-state index in [1.54, 1.807) is 0 Å². The highest BCUT2D eigenvalue weighted by Gasteiger charge is 2.06. The van der Waals surface area contributed by atoms with Gasteiger partial charge in [0.15, 0.2) is 0 Å². The highest BCUT2D eigenvalue weighted by molar-refractivity contribution is 5.72. The molecule has 3 nitrogen and oxygen atoms in total. The van der Waals surface area contributed by atoms with E-state index >= 15 is 0 Å². The van der Waals surface area contributed by atoms with Crippen LogP contribution in [-0.2, 0) is 11.2 Å². The van der Waals surface area contributed by atoms with Crippen LogP contribution < -0.4 is 9.47 Å². The lowest BCUT2D eigenvalue weighted by atomic mass is 10.0. The summed E-state index contributed by atoms with van der Waals surface area (Å²) in [5.41, 5.74) is 2.43. The summed E-state index contributed by atoms with van der Waals surface area (Å²) in [4.78, 5) is 11.7. The third-order valence-electron chi connectivity index (χ3n) is 3.53. The fourth-order valence-corrected chi connectivity index (χ4v) is 2.36. The summed E-state index contributed by atoms with van der Waals surface area (Å²) in [6, 6.07) is 15.9. The Labute approximate surface area is 124 Å². The van der Waals surface area contributed by atoms with Crippen LogP contribution in [0.4, 0.5) is 0 Å². The molecule has 0 saturated carbocycles. The SMILES string of the molecule is O=C1CCCCOc2ccc(cc2)Cc2ccc(cc2)O1. The van der Waals surface area contributed by atoms with Crippen molar-refractivity contribution in [2.24, 2.45) is 0 Å². The Morgan fingerprint density at radius 3 is 2.05 bits per heavy atom. The van der Waals surface area contributed by atoms with Gasteiger partial charge in [-0.3, -0.25) is 4.79 Å². The Hall–Kier alpha value is -2.29. The zero-order valence-corrected chi connectivity index (χ0v) is 11.9. The van der Waals surface area contributed by atoms with Crippen LogP contribution in [0.5, 0.6) is 11.5 Å². The zero-order valence-electron chi connectivity index (χ0n) is 11.9. The van der Waals surface area contributed by atoms with Gasteiger partial charge in [-0.1, -0.05) is 24.3 Å². The Balaban J connectivity index is 1.82. The van der Waals surface area contributed by atoms with E-state index in [1.807, 2.05) is 36.4 Å². The normalized spacial score (nSPS) is 15.5. The van der Waals surface area contributed by atoms with Gasteiger partial charge in [-0.05, 0) is 54.7 Å². The molecule has 3 aliphatic heterocycles. The Morgan fingerprint density at radius 1 is 0.762 bits per heavy atom. The van der Waals surface area contributed by atoms with Crippen LogP contribution in [0.2, 0.25) is 0 Å². The molecule has 0 aliphatic carbocycles. The molecule has 0 fully saturated rings. The van der Waals surface area contributed by atoms with E-state index < -0.39 is 0 Å². The molecule has 3 heteroatoms. The molecule has 5 rings (SSSR count). The smallest absolute Gasteiger partial charge is 0.311 e. The third kappa shape index (κ3) is 3.85. The fraction of sp³-hybridized carbons (Fsp3) is 0.278. The number of benzene rings is 2. The van der Waals surface area contributed by atoms with Crippen molar-refractivity contribution in [3.63, 3.8) is 0 Å². The highest BCUT2D eigenvalue weighted by atomic mass is 16.5. The van der Waals surface area contributed by atoms with Gasteiger partial charge < -0.3 is 9.47 Å². The minimum Gasteiger partial charge on any atom is -0.494 e. The summed E-state index contributed by atoms with van der Waals surface area (Å²) < 4.78 is 11.0. The topological polar surface area (TPSA) is 35.5 Å². The molecular weight excluding hydrogens is 264 g/mol. The molecule has 3 aliphatic rings. The van der Waals surface area contributed by atoms with Crippen molar-refractivity contribution >= 4 is 5.97 Å². The predicted octanol–water partition coefficient (Wildman–Crippen LogP) is 3.75. The second kappa shape index (κ2) is 6.44. The Kier molecular flexibility index (Phi) is 4.20. The quantitative estimate of drug-likeness (QED) is 0.545. The lowest BCUT2D eigenvalue weighted by Crippen LogP contribution is -2.08. The molecule has 0 amide bonds. The van der Waals surface area contributed by atoms with Crippen molar-refractivity contribution in [2.75, 3.05) is 6.61 Å². The Bertz CT molecular complexity index is 599. The van der Waals surface area contributed by atoms with Gasteiger partial charge >= 0.3 is 5.97 Å². The fourth-order valence-electron chi connectivity index (χ4n) is 2.36. The summed E-state index contributed by atoms with van der Waals surface area (Å²) in [5.74, 6) is 1.31. The summed E-state index contributed by atoms with van der Waals surface area (Å²) in [5, 5.41) is 0. The molecule has 2 aromatic rings. The first-order chi connectivity index (χ1) is 10.3. The molecule has 0 atom stereocenters. The van der Waals surface area contributed by atoms with Crippen molar-refractivity contribution in [3.05, 3.63) is 59.7 Å². The number of fused-ring (bicyclic) bond motifs is 2. The standard InChI is InChI=1S/C18H18O3/c19-18-3-1-2-12-20-16-8-4-14(5-9-16)13-15-6-10-17(21-18)11-7-15/h4-11H,1-3,12-13H2. The maximum Gasteiger partial charge on any atom is 0.311 e. The average molecular weight is 282 g/mol. The van der Waals surface area contributed by atoms with Gasteiger partial charge in [-0.25, -0.2) is 0 Å². The number of carbonyl (C=O) groups is 1. The van der Waals surface area contributed by atoms with Crippen LogP contribution >= 0.6 is 0 Å². The van der Waals surface area contributed by atoms with Gasteiger partial charge in [0.25, 0.3) is 0 Å². The van der Waals surface area contributed by atoms with E-state index in [4.69, 9.17) is 9.47 Å². The largest absolute Gasteiger partial charge is 0.494 e. The van der Waals surface area contributed by atoms with Crippen LogP contribution in [0.25, 0.3) is 0 Å². The predicted molar refractivity (Wildman–Crippen MR) is 80.7 cm³/mol. The highest BCUT2D eigenvalue weighted by Crippen LogP contribution is 2.19. The number of hydrogen-bond donors (Lipinski definition) is 0. The summed E-state index contributed by atoms with van der Waals surface area (Å²) in [6.07, 6.45) is 2.89. The average Bonchev–Trinajstić information content (AvgIpc) is 2.49. The molecule has 108 valence electrons. The van der Waals surface area contributed by atoms with Gasteiger partial charge in [-0.2, -0.15) is 0 Å². The number of esters is 1. The number of carbonyl (C=O) groups excluding carboxylic acids is 1. The van der Waals surface area contributed by atoms with Crippen LogP contribution in [0, 0.1) is 0 Å². The van der Waals surface area contributed by atoms with E-state index in [9.17, 15) is 4.79 Å². The number of rotatable bonds is 0. The van der Waals surface area contributed by atoms with Gasteiger partial charge in [0.05, 0.1) is 6.61 Å². The molecule has 0 unspecified atom stereocenters. The van der Waals surface area contributed by atoms with E-state index in [1.165, 1.54) is 11.1 Å². The molecule has 0 aromatic heterocycles. The van der Waals surface area contributed by atoms with Crippen LogP contribution in [0.15, 0.2) is 48.5 Å².